The maximum atomic E-state index is 12.2. The molecule has 2 atom stereocenters. The maximum Gasteiger partial charge on any atom is 0.191 e. The Bertz CT molecular complexity index is 664. The van der Waals surface area contributed by atoms with Crippen molar-refractivity contribution in [3.8, 4) is 0 Å². The first kappa shape index (κ1) is 25.6. The van der Waals surface area contributed by atoms with Crippen LogP contribution in [0.25, 0.3) is 0 Å². The smallest absolute Gasteiger partial charge is 0.191 e. The van der Waals surface area contributed by atoms with E-state index < -0.39 is 15.9 Å². The summed E-state index contributed by atoms with van der Waals surface area (Å²) in [7, 11) is -3.48. The lowest BCUT2D eigenvalue weighted by molar-refractivity contribution is 0.0420. The number of thiophene rings is 1. The molecule has 0 spiro atoms. The van der Waals surface area contributed by atoms with Crippen LogP contribution < -0.4 is 10.6 Å². The number of halogens is 1. The molecule has 2 unspecified atom stereocenters. The molecule has 28 heavy (non-hydrogen) atoms. The summed E-state index contributed by atoms with van der Waals surface area (Å²) in [6.07, 6.45) is 0.908. The summed E-state index contributed by atoms with van der Waals surface area (Å²) in [6.45, 7) is 5.37. The molecule has 1 saturated heterocycles. The average molecular weight is 547 g/mol. The first-order valence-corrected chi connectivity index (χ1v) is 11.7. The summed E-state index contributed by atoms with van der Waals surface area (Å²) in [5.41, 5.74) is 0. The molecule has 0 radical (unpaired) electrons. The quantitative estimate of drug-likeness (QED) is 0.166. The third-order valence-corrected chi connectivity index (χ3v) is 7.16. The number of aliphatic imine (C=N–C) groups is 1. The first-order chi connectivity index (χ1) is 13.0. The predicted octanol–water partition coefficient (Wildman–Crippen LogP) is 1.25. The molecule has 2 rings (SSSR count). The summed E-state index contributed by atoms with van der Waals surface area (Å²) >= 11 is 1.15. The minimum absolute atomic E-state index is 0. The van der Waals surface area contributed by atoms with Gasteiger partial charge in [-0.3, -0.25) is 4.99 Å². The molecule has 3 N–H and O–H groups in total. The van der Waals surface area contributed by atoms with E-state index in [-0.39, 0.29) is 46.6 Å². The number of guanidine groups is 1. The van der Waals surface area contributed by atoms with E-state index in [0.29, 0.717) is 32.3 Å². The van der Waals surface area contributed by atoms with Crippen molar-refractivity contribution in [2.24, 2.45) is 4.99 Å². The Morgan fingerprint density at radius 3 is 2.96 bits per heavy atom. The van der Waals surface area contributed by atoms with Gasteiger partial charge in [0.1, 0.15) is 4.21 Å². The van der Waals surface area contributed by atoms with Gasteiger partial charge >= 0.3 is 0 Å². The van der Waals surface area contributed by atoms with Crippen LogP contribution in [0.1, 0.15) is 19.8 Å². The third kappa shape index (κ3) is 9.35. The van der Waals surface area contributed by atoms with Gasteiger partial charge in [-0.25, -0.2) is 8.42 Å². The Labute approximate surface area is 188 Å². The Kier molecular flexibility index (Phi) is 12.5. The van der Waals surface area contributed by atoms with Crippen LogP contribution in [-0.2, 0) is 19.3 Å². The van der Waals surface area contributed by atoms with Gasteiger partial charge in [0.15, 0.2) is 15.8 Å². The topological polar surface area (TPSA) is 109 Å². The summed E-state index contributed by atoms with van der Waals surface area (Å²) in [6, 6.07) is 3.22. The zero-order chi connectivity index (χ0) is 19.5. The normalized spacial score (nSPS) is 18.5. The minimum Gasteiger partial charge on any atom is -0.390 e. The average Bonchev–Trinajstić information content (AvgIpc) is 3.32. The summed E-state index contributed by atoms with van der Waals surface area (Å²) < 4.78 is 35.6. The van der Waals surface area contributed by atoms with Crippen LogP contribution in [0, 0.1) is 0 Å². The fraction of sp³-hybridized carbons (Fsp3) is 0.706. The molecule has 1 aliphatic rings. The summed E-state index contributed by atoms with van der Waals surface area (Å²) in [4.78, 5) is 4.28. The molecule has 0 bridgehead atoms. The Balaban J connectivity index is 0.00000392. The van der Waals surface area contributed by atoms with E-state index in [4.69, 9.17) is 9.47 Å². The largest absolute Gasteiger partial charge is 0.390 e. The van der Waals surface area contributed by atoms with E-state index in [0.717, 1.165) is 30.8 Å². The summed E-state index contributed by atoms with van der Waals surface area (Å²) in [5, 5.41) is 18.0. The van der Waals surface area contributed by atoms with Crippen molar-refractivity contribution in [3.05, 3.63) is 17.5 Å². The second-order valence-corrected chi connectivity index (χ2v) is 9.43. The van der Waals surface area contributed by atoms with E-state index in [1.54, 1.807) is 17.5 Å². The molecule has 0 aromatic carbocycles. The maximum absolute atomic E-state index is 12.2. The van der Waals surface area contributed by atoms with Crippen LogP contribution in [0.15, 0.2) is 26.7 Å². The van der Waals surface area contributed by atoms with Crippen molar-refractivity contribution in [2.45, 2.75) is 36.2 Å². The molecule has 2 heterocycles. The molecule has 0 amide bonds. The number of ether oxygens (including phenoxy) is 2. The van der Waals surface area contributed by atoms with Gasteiger partial charge in [-0.2, -0.15) is 0 Å². The highest BCUT2D eigenvalue weighted by atomic mass is 127. The lowest BCUT2D eigenvalue weighted by atomic mass is 10.3. The molecule has 11 heteroatoms. The summed E-state index contributed by atoms with van der Waals surface area (Å²) in [5.74, 6) is 0.211. The molecular formula is C17H30IN3O5S2. The van der Waals surface area contributed by atoms with Crippen molar-refractivity contribution in [3.63, 3.8) is 0 Å². The zero-order valence-electron chi connectivity index (χ0n) is 16.0. The van der Waals surface area contributed by atoms with Crippen LogP contribution in [0.3, 0.4) is 0 Å². The van der Waals surface area contributed by atoms with Gasteiger partial charge in [-0.1, -0.05) is 6.07 Å². The molecule has 1 aliphatic heterocycles. The second kappa shape index (κ2) is 13.7. The van der Waals surface area contributed by atoms with Gasteiger partial charge in [0.25, 0.3) is 0 Å². The molecule has 8 nitrogen and oxygen atoms in total. The minimum atomic E-state index is -3.48. The lowest BCUT2D eigenvalue weighted by Crippen LogP contribution is -2.39. The van der Waals surface area contributed by atoms with Crippen molar-refractivity contribution in [2.75, 3.05) is 45.2 Å². The predicted molar refractivity (Wildman–Crippen MR) is 122 cm³/mol. The van der Waals surface area contributed by atoms with Crippen molar-refractivity contribution >= 4 is 51.1 Å². The standard InChI is InChI=1S/C17H29N3O5S2.HI/c1-2-18-17(19-7-4-8-25-15-6-9-24-12-15)20-11-14(21)13-27(22,23)16-5-3-10-26-16;/h3,5,10,14-15,21H,2,4,6-9,11-13H2,1H3,(H2,18,19,20);1H. The van der Waals surface area contributed by atoms with Crippen molar-refractivity contribution in [1.29, 1.82) is 0 Å². The van der Waals surface area contributed by atoms with Crippen LogP contribution >= 0.6 is 35.3 Å². The van der Waals surface area contributed by atoms with Crippen LogP contribution in [-0.4, -0.2) is 76.9 Å². The molecule has 162 valence electrons. The van der Waals surface area contributed by atoms with Crippen LogP contribution in [0.5, 0.6) is 0 Å². The Morgan fingerprint density at radius 2 is 2.32 bits per heavy atom. The van der Waals surface area contributed by atoms with Crippen molar-refractivity contribution < 1.29 is 23.0 Å². The fourth-order valence-electron chi connectivity index (χ4n) is 2.54. The number of nitrogens with zero attached hydrogens (tertiary/aromatic N) is 1. The van der Waals surface area contributed by atoms with Crippen LogP contribution in [0.4, 0.5) is 0 Å². The first-order valence-electron chi connectivity index (χ1n) is 9.17. The highest BCUT2D eigenvalue weighted by Crippen LogP contribution is 2.18. The van der Waals surface area contributed by atoms with Gasteiger partial charge in [-0.05, 0) is 31.2 Å². The number of nitrogens with one attached hydrogen (secondary N) is 2. The van der Waals surface area contributed by atoms with Gasteiger partial charge in [0.2, 0.25) is 0 Å². The van der Waals surface area contributed by atoms with Gasteiger partial charge in [0.05, 0.1) is 31.1 Å². The highest BCUT2D eigenvalue weighted by molar-refractivity contribution is 14.0. The third-order valence-electron chi connectivity index (χ3n) is 3.87. The second-order valence-electron chi connectivity index (χ2n) is 6.22. The Hall–Kier alpha value is -0.470. The van der Waals surface area contributed by atoms with Gasteiger partial charge < -0.3 is 25.2 Å². The number of aliphatic hydroxyl groups excluding tert-OH is 1. The number of hydrogen-bond acceptors (Lipinski definition) is 7. The van der Waals surface area contributed by atoms with E-state index >= 15 is 0 Å². The molecule has 1 aromatic rings. The monoisotopic (exact) mass is 547 g/mol. The van der Waals surface area contributed by atoms with Gasteiger partial charge in [-0.15, -0.1) is 35.3 Å². The van der Waals surface area contributed by atoms with Gasteiger partial charge in [0, 0.05) is 26.3 Å². The van der Waals surface area contributed by atoms with Crippen LogP contribution in [0.2, 0.25) is 0 Å². The van der Waals surface area contributed by atoms with E-state index in [9.17, 15) is 13.5 Å². The molecule has 0 saturated carbocycles. The van der Waals surface area contributed by atoms with Crippen molar-refractivity contribution in [1.82, 2.24) is 10.6 Å². The highest BCUT2D eigenvalue weighted by Gasteiger charge is 2.20. The lowest BCUT2D eigenvalue weighted by Gasteiger charge is -2.14. The molecule has 0 aliphatic carbocycles. The number of aliphatic hydroxyl groups is 1. The molecular weight excluding hydrogens is 517 g/mol. The zero-order valence-corrected chi connectivity index (χ0v) is 20.0. The molecule has 1 aromatic heterocycles. The number of sulfone groups is 1. The Morgan fingerprint density at radius 1 is 1.50 bits per heavy atom. The SMILES string of the molecule is CCNC(=NCC(O)CS(=O)(=O)c1cccs1)NCCCOC1CCOC1.I. The molecule has 1 fully saturated rings. The number of rotatable bonds is 11. The number of hydrogen-bond donors (Lipinski definition) is 3. The van der Waals surface area contributed by atoms with E-state index in [1.165, 1.54) is 0 Å². The van der Waals surface area contributed by atoms with E-state index in [2.05, 4.69) is 15.6 Å². The van der Waals surface area contributed by atoms with E-state index in [1.807, 2.05) is 6.92 Å². The fourth-order valence-corrected chi connectivity index (χ4v) is 5.01.